The van der Waals surface area contributed by atoms with Crippen molar-refractivity contribution in [2.24, 2.45) is 0 Å². The molecule has 0 aliphatic heterocycles. The van der Waals surface area contributed by atoms with Gasteiger partial charge in [-0.15, -0.1) is 0 Å². The van der Waals surface area contributed by atoms with E-state index in [0.29, 0.717) is 0 Å². The van der Waals surface area contributed by atoms with Crippen LogP contribution in [0.3, 0.4) is 0 Å². The summed E-state index contributed by atoms with van der Waals surface area (Å²) in [6.45, 7) is 3.65. The number of hydrogen-bond acceptors (Lipinski definition) is 3. The Bertz CT molecular complexity index is 620. The minimum absolute atomic E-state index is 0.788. The molecule has 0 spiro atoms. The van der Waals surface area contributed by atoms with Gasteiger partial charge in [-0.05, 0) is 12.1 Å². The van der Waals surface area contributed by atoms with Crippen LogP contribution in [0.5, 0.6) is 0 Å². The van der Waals surface area contributed by atoms with Crippen molar-refractivity contribution in [2.75, 3.05) is 0 Å². The maximum Gasteiger partial charge on any atom is 0.138 e. The first-order valence-electron chi connectivity index (χ1n) is 4.24. The highest BCUT2D eigenvalue weighted by Crippen LogP contribution is 2.23. The standard InChI is InChI=1S/C10H7N3O/c1-2-13-10-8(12-14-13)4-3-7-5-6-11-9(7)10/h2-6H,1H2. The van der Waals surface area contributed by atoms with E-state index < -0.39 is 0 Å². The average Bonchev–Trinajstić information content (AvgIpc) is 2.82. The zero-order chi connectivity index (χ0) is 9.54. The number of hydrogen-bond donors (Lipinski definition) is 0. The van der Waals surface area contributed by atoms with Gasteiger partial charge in [0.05, 0.1) is 5.52 Å². The Morgan fingerprint density at radius 3 is 3.14 bits per heavy atom. The summed E-state index contributed by atoms with van der Waals surface area (Å²) < 4.78 is 6.57. The highest BCUT2D eigenvalue weighted by molar-refractivity contribution is 6.02. The average molecular weight is 185 g/mol. The van der Waals surface area contributed by atoms with Gasteiger partial charge in [-0.2, -0.15) is 4.74 Å². The van der Waals surface area contributed by atoms with Gasteiger partial charge in [-0.25, -0.2) is 0 Å². The Hall–Kier alpha value is -2.10. The van der Waals surface area contributed by atoms with Crippen molar-refractivity contribution in [3.05, 3.63) is 31.0 Å². The summed E-state index contributed by atoms with van der Waals surface area (Å²) in [6, 6.07) is 5.83. The predicted molar refractivity (Wildman–Crippen MR) is 53.7 cm³/mol. The highest BCUT2D eigenvalue weighted by Gasteiger charge is 2.08. The van der Waals surface area contributed by atoms with Crippen molar-refractivity contribution in [1.29, 1.82) is 0 Å². The molecular weight excluding hydrogens is 178 g/mol. The van der Waals surface area contributed by atoms with Crippen LogP contribution in [0.15, 0.2) is 35.6 Å². The van der Waals surface area contributed by atoms with Gasteiger partial charge in [0.25, 0.3) is 0 Å². The van der Waals surface area contributed by atoms with E-state index in [2.05, 4.69) is 16.7 Å². The molecule has 2 aromatic heterocycles. The summed E-state index contributed by atoms with van der Waals surface area (Å²) >= 11 is 0. The first-order chi connectivity index (χ1) is 6.90. The van der Waals surface area contributed by atoms with E-state index in [4.69, 9.17) is 4.63 Å². The largest absolute Gasteiger partial charge is 0.263 e. The first-order valence-corrected chi connectivity index (χ1v) is 4.24. The van der Waals surface area contributed by atoms with Crippen molar-refractivity contribution < 1.29 is 4.63 Å². The van der Waals surface area contributed by atoms with E-state index in [1.165, 1.54) is 4.74 Å². The summed E-state index contributed by atoms with van der Waals surface area (Å²) in [7, 11) is 0. The second-order valence-corrected chi connectivity index (χ2v) is 3.00. The number of rotatable bonds is 1. The fourth-order valence-corrected chi connectivity index (χ4v) is 1.59. The molecule has 0 aliphatic rings. The molecule has 0 unspecified atom stereocenters. The molecular formula is C10H7N3O. The fraction of sp³-hybridized carbons (Fsp3) is 0. The molecule has 0 fully saturated rings. The smallest absolute Gasteiger partial charge is 0.138 e. The molecule has 14 heavy (non-hydrogen) atoms. The fourth-order valence-electron chi connectivity index (χ4n) is 1.59. The van der Waals surface area contributed by atoms with E-state index in [-0.39, 0.29) is 0 Å². The maximum atomic E-state index is 5.05. The molecule has 0 N–H and O–H groups in total. The van der Waals surface area contributed by atoms with Crippen LogP contribution in [0.25, 0.3) is 28.1 Å². The molecule has 3 aromatic rings. The third kappa shape index (κ3) is 0.771. The van der Waals surface area contributed by atoms with Crippen LogP contribution in [-0.4, -0.2) is 14.9 Å². The third-order valence-electron chi connectivity index (χ3n) is 2.23. The highest BCUT2D eigenvalue weighted by atomic mass is 16.6. The summed E-state index contributed by atoms with van der Waals surface area (Å²) in [5, 5.41) is 4.98. The normalized spacial score (nSPS) is 11.1. The van der Waals surface area contributed by atoms with Gasteiger partial charge in [0.15, 0.2) is 0 Å². The third-order valence-corrected chi connectivity index (χ3v) is 2.23. The van der Waals surface area contributed by atoms with Gasteiger partial charge < -0.3 is 0 Å². The second kappa shape index (κ2) is 2.45. The van der Waals surface area contributed by atoms with Crippen molar-refractivity contribution in [3.63, 3.8) is 0 Å². The molecule has 4 heteroatoms. The van der Waals surface area contributed by atoms with Crippen LogP contribution in [0.4, 0.5) is 0 Å². The maximum absolute atomic E-state index is 5.05. The van der Waals surface area contributed by atoms with Crippen LogP contribution in [0.1, 0.15) is 0 Å². The number of fused-ring (bicyclic) bond motifs is 3. The van der Waals surface area contributed by atoms with Gasteiger partial charge in [0.2, 0.25) is 0 Å². The summed E-state index contributed by atoms with van der Waals surface area (Å²) in [4.78, 5) is 4.26. The molecule has 0 saturated carbocycles. The number of aromatic nitrogens is 3. The van der Waals surface area contributed by atoms with Gasteiger partial charge in [0, 0.05) is 17.8 Å². The quantitative estimate of drug-likeness (QED) is 0.584. The van der Waals surface area contributed by atoms with Crippen molar-refractivity contribution in [3.8, 4) is 0 Å². The van der Waals surface area contributed by atoms with E-state index in [0.717, 1.165) is 21.9 Å². The lowest BCUT2D eigenvalue weighted by Gasteiger charge is -1.92. The molecule has 68 valence electrons. The molecule has 1 aromatic carbocycles. The Morgan fingerprint density at radius 1 is 1.36 bits per heavy atom. The van der Waals surface area contributed by atoms with E-state index in [9.17, 15) is 0 Å². The second-order valence-electron chi connectivity index (χ2n) is 3.00. The van der Waals surface area contributed by atoms with Crippen molar-refractivity contribution >= 4 is 28.1 Å². The van der Waals surface area contributed by atoms with Crippen LogP contribution in [-0.2, 0) is 0 Å². The molecule has 2 heterocycles. The lowest BCUT2D eigenvalue weighted by atomic mass is 10.2. The lowest BCUT2D eigenvalue weighted by molar-refractivity contribution is 0.272. The Balaban J connectivity index is 2.64. The SMILES string of the molecule is C=Cn1onc2ccc3ccnc3c21. The van der Waals surface area contributed by atoms with Gasteiger partial charge >= 0.3 is 0 Å². The minimum Gasteiger partial charge on any atom is -0.263 e. The zero-order valence-corrected chi connectivity index (χ0v) is 7.34. The Labute approximate surface area is 79.4 Å². The number of nitrogens with zero attached hydrogens (tertiary/aromatic N) is 3. The summed E-state index contributed by atoms with van der Waals surface area (Å²) in [5.41, 5.74) is 2.54. The lowest BCUT2D eigenvalue weighted by Crippen LogP contribution is -1.82. The topological polar surface area (TPSA) is 43.9 Å². The van der Waals surface area contributed by atoms with Crippen LogP contribution >= 0.6 is 0 Å². The van der Waals surface area contributed by atoms with Gasteiger partial charge in [-0.3, -0.25) is 9.61 Å². The van der Waals surface area contributed by atoms with Crippen molar-refractivity contribution in [1.82, 2.24) is 14.9 Å². The molecule has 4 nitrogen and oxygen atoms in total. The summed E-state index contributed by atoms with van der Waals surface area (Å²) in [6.07, 6.45) is 3.34. The molecule has 3 rings (SSSR count). The molecule has 0 radical (unpaired) electrons. The minimum atomic E-state index is 0.788. The first kappa shape index (κ1) is 7.32. The van der Waals surface area contributed by atoms with Crippen LogP contribution in [0, 0.1) is 0 Å². The molecule has 0 bridgehead atoms. The zero-order valence-electron chi connectivity index (χ0n) is 7.34. The summed E-state index contributed by atoms with van der Waals surface area (Å²) in [5.74, 6) is 0. The molecule has 0 saturated heterocycles. The van der Waals surface area contributed by atoms with E-state index >= 15 is 0 Å². The monoisotopic (exact) mass is 185 g/mol. The van der Waals surface area contributed by atoms with E-state index in [1.54, 1.807) is 12.4 Å². The Morgan fingerprint density at radius 2 is 2.29 bits per heavy atom. The van der Waals surface area contributed by atoms with Crippen LogP contribution in [0.2, 0.25) is 0 Å². The molecule has 0 aliphatic carbocycles. The predicted octanol–water partition coefficient (Wildman–Crippen LogP) is 2.28. The number of benzene rings is 1. The van der Waals surface area contributed by atoms with Gasteiger partial charge in [0.1, 0.15) is 11.0 Å². The van der Waals surface area contributed by atoms with Crippen molar-refractivity contribution in [2.45, 2.75) is 0 Å². The van der Waals surface area contributed by atoms with E-state index in [1.807, 2.05) is 18.2 Å². The van der Waals surface area contributed by atoms with Gasteiger partial charge in [-0.1, -0.05) is 17.8 Å². The molecule has 0 amide bonds. The van der Waals surface area contributed by atoms with Crippen LogP contribution < -0.4 is 0 Å². The Kier molecular flexibility index (Phi) is 1.28. The molecule has 0 atom stereocenters.